The highest BCUT2D eigenvalue weighted by atomic mass is 16.5. The van der Waals surface area contributed by atoms with Crippen LogP contribution in [-0.2, 0) is 9.47 Å². The van der Waals surface area contributed by atoms with Crippen molar-refractivity contribution in [2.45, 2.75) is 51.2 Å². The van der Waals surface area contributed by atoms with E-state index in [0.29, 0.717) is 25.9 Å². The maximum atomic E-state index is 9.98. The molecule has 4 heteroatoms. The van der Waals surface area contributed by atoms with Crippen molar-refractivity contribution >= 4 is 0 Å². The van der Waals surface area contributed by atoms with Crippen LogP contribution < -0.4 is 0 Å². The van der Waals surface area contributed by atoms with Gasteiger partial charge in [-0.15, -0.1) is 0 Å². The SMILES string of the molecule is CCCC1CCCCN1CC(O)COCCOC. The molecule has 18 heavy (non-hydrogen) atoms. The summed E-state index contributed by atoms with van der Waals surface area (Å²) in [5.74, 6) is 0. The molecule has 1 aliphatic heterocycles. The summed E-state index contributed by atoms with van der Waals surface area (Å²) in [6, 6.07) is 0.664. The molecule has 4 nitrogen and oxygen atoms in total. The van der Waals surface area contributed by atoms with Crippen LogP contribution in [0.15, 0.2) is 0 Å². The molecule has 1 aliphatic rings. The fraction of sp³-hybridized carbons (Fsp3) is 1.00. The third-order valence-corrected chi connectivity index (χ3v) is 3.56. The molecule has 0 bridgehead atoms. The zero-order valence-corrected chi connectivity index (χ0v) is 11.9. The average molecular weight is 259 g/mol. The summed E-state index contributed by atoms with van der Waals surface area (Å²) in [6.45, 7) is 5.67. The number of ether oxygens (including phenoxy) is 2. The van der Waals surface area contributed by atoms with Gasteiger partial charge in [-0.1, -0.05) is 19.8 Å². The van der Waals surface area contributed by atoms with Gasteiger partial charge < -0.3 is 14.6 Å². The zero-order chi connectivity index (χ0) is 13.2. The Morgan fingerprint density at radius 1 is 1.33 bits per heavy atom. The van der Waals surface area contributed by atoms with Crippen LogP contribution in [0.2, 0.25) is 0 Å². The van der Waals surface area contributed by atoms with Gasteiger partial charge in [-0.25, -0.2) is 0 Å². The van der Waals surface area contributed by atoms with Gasteiger partial charge in [-0.3, -0.25) is 4.90 Å². The predicted octanol–water partition coefficient (Wildman–Crippen LogP) is 1.66. The lowest BCUT2D eigenvalue weighted by Crippen LogP contribution is -2.44. The standard InChI is InChI=1S/C14H29NO3/c1-3-6-13-7-4-5-8-15(13)11-14(16)12-18-10-9-17-2/h13-14,16H,3-12H2,1-2H3. The monoisotopic (exact) mass is 259 g/mol. The number of β-amino-alcohol motifs (C(OH)–C–C–N with tert-alkyl or cyclic N) is 1. The van der Waals surface area contributed by atoms with Crippen molar-refractivity contribution in [3.05, 3.63) is 0 Å². The molecule has 0 aliphatic carbocycles. The van der Waals surface area contributed by atoms with E-state index in [9.17, 15) is 5.11 Å². The molecule has 0 spiro atoms. The van der Waals surface area contributed by atoms with Gasteiger partial charge in [0, 0.05) is 19.7 Å². The molecule has 0 aromatic rings. The van der Waals surface area contributed by atoms with Crippen LogP contribution in [-0.4, -0.2) is 62.2 Å². The van der Waals surface area contributed by atoms with E-state index in [-0.39, 0.29) is 6.10 Å². The maximum Gasteiger partial charge on any atom is 0.0900 e. The second-order valence-electron chi connectivity index (χ2n) is 5.15. The van der Waals surface area contributed by atoms with Gasteiger partial charge in [-0.2, -0.15) is 0 Å². The van der Waals surface area contributed by atoms with Crippen LogP contribution >= 0.6 is 0 Å². The minimum atomic E-state index is -0.376. The smallest absolute Gasteiger partial charge is 0.0900 e. The number of methoxy groups -OCH3 is 1. The first-order chi connectivity index (χ1) is 8.77. The van der Waals surface area contributed by atoms with Crippen molar-refractivity contribution in [1.82, 2.24) is 4.90 Å². The number of rotatable bonds is 9. The van der Waals surface area contributed by atoms with Gasteiger partial charge in [0.2, 0.25) is 0 Å². The minimum absolute atomic E-state index is 0.376. The maximum absolute atomic E-state index is 9.98. The summed E-state index contributed by atoms with van der Waals surface area (Å²) in [6.07, 6.45) is 5.97. The molecule has 1 saturated heterocycles. The first kappa shape index (κ1) is 15.9. The Hall–Kier alpha value is -0.160. The van der Waals surface area contributed by atoms with Crippen molar-refractivity contribution in [3.63, 3.8) is 0 Å². The van der Waals surface area contributed by atoms with Gasteiger partial charge in [0.15, 0.2) is 0 Å². The molecular formula is C14H29NO3. The summed E-state index contributed by atoms with van der Waals surface area (Å²) in [4.78, 5) is 2.44. The summed E-state index contributed by atoms with van der Waals surface area (Å²) in [5.41, 5.74) is 0. The second-order valence-corrected chi connectivity index (χ2v) is 5.15. The van der Waals surface area contributed by atoms with E-state index in [0.717, 1.165) is 13.1 Å². The molecular weight excluding hydrogens is 230 g/mol. The number of nitrogens with zero attached hydrogens (tertiary/aromatic N) is 1. The highest BCUT2D eigenvalue weighted by Crippen LogP contribution is 2.20. The topological polar surface area (TPSA) is 41.9 Å². The first-order valence-electron chi connectivity index (χ1n) is 7.26. The summed E-state index contributed by atoms with van der Waals surface area (Å²) in [5, 5.41) is 9.98. The van der Waals surface area contributed by atoms with Gasteiger partial charge >= 0.3 is 0 Å². The Bertz CT molecular complexity index is 199. The lowest BCUT2D eigenvalue weighted by atomic mass is 9.98. The fourth-order valence-corrected chi connectivity index (χ4v) is 2.65. The number of hydrogen-bond acceptors (Lipinski definition) is 4. The van der Waals surface area contributed by atoms with E-state index in [1.54, 1.807) is 7.11 Å². The lowest BCUT2D eigenvalue weighted by molar-refractivity contribution is -0.0116. The van der Waals surface area contributed by atoms with Crippen LogP contribution in [0.4, 0.5) is 0 Å². The quantitative estimate of drug-likeness (QED) is 0.640. The first-order valence-corrected chi connectivity index (χ1v) is 7.26. The predicted molar refractivity (Wildman–Crippen MR) is 72.8 cm³/mol. The molecule has 0 saturated carbocycles. The van der Waals surface area contributed by atoms with Crippen LogP contribution in [0.25, 0.3) is 0 Å². The minimum Gasteiger partial charge on any atom is -0.389 e. The Morgan fingerprint density at radius 2 is 2.17 bits per heavy atom. The Kier molecular flexibility index (Phi) is 8.59. The van der Waals surface area contributed by atoms with Crippen LogP contribution in [0, 0.1) is 0 Å². The summed E-state index contributed by atoms with van der Waals surface area (Å²) >= 11 is 0. The largest absolute Gasteiger partial charge is 0.389 e. The highest BCUT2D eigenvalue weighted by Gasteiger charge is 2.23. The van der Waals surface area contributed by atoms with E-state index >= 15 is 0 Å². The van der Waals surface area contributed by atoms with Crippen LogP contribution in [0.5, 0.6) is 0 Å². The summed E-state index contributed by atoms with van der Waals surface area (Å²) < 4.78 is 10.3. The number of piperidine rings is 1. The van der Waals surface area contributed by atoms with Gasteiger partial charge in [-0.05, 0) is 25.8 Å². The average Bonchev–Trinajstić information content (AvgIpc) is 2.37. The molecule has 1 heterocycles. The van der Waals surface area contributed by atoms with E-state index < -0.39 is 0 Å². The summed E-state index contributed by atoms with van der Waals surface area (Å²) in [7, 11) is 1.66. The van der Waals surface area contributed by atoms with E-state index in [2.05, 4.69) is 11.8 Å². The van der Waals surface area contributed by atoms with Crippen molar-refractivity contribution in [2.75, 3.05) is 40.0 Å². The normalized spacial score (nSPS) is 23.2. The van der Waals surface area contributed by atoms with E-state index in [1.165, 1.54) is 32.1 Å². The number of likely N-dealkylation sites (tertiary alicyclic amines) is 1. The molecule has 1 rings (SSSR count). The van der Waals surface area contributed by atoms with Crippen molar-refractivity contribution in [2.24, 2.45) is 0 Å². The molecule has 108 valence electrons. The molecule has 0 radical (unpaired) electrons. The third kappa shape index (κ3) is 6.14. The third-order valence-electron chi connectivity index (χ3n) is 3.56. The molecule has 0 aromatic carbocycles. The zero-order valence-electron chi connectivity index (χ0n) is 11.9. The number of aliphatic hydroxyl groups is 1. The van der Waals surface area contributed by atoms with Crippen LogP contribution in [0.3, 0.4) is 0 Å². The Balaban J connectivity index is 2.20. The Morgan fingerprint density at radius 3 is 2.89 bits per heavy atom. The molecule has 2 unspecified atom stereocenters. The molecule has 2 atom stereocenters. The van der Waals surface area contributed by atoms with E-state index in [4.69, 9.17) is 9.47 Å². The highest BCUT2D eigenvalue weighted by molar-refractivity contribution is 4.78. The second kappa shape index (κ2) is 9.73. The van der Waals surface area contributed by atoms with Gasteiger partial charge in [0.05, 0.1) is 25.9 Å². The molecule has 0 amide bonds. The number of hydrogen-bond donors (Lipinski definition) is 1. The van der Waals surface area contributed by atoms with Crippen molar-refractivity contribution < 1.29 is 14.6 Å². The molecule has 0 aromatic heterocycles. The molecule has 1 fully saturated rings. The Labute approximate surface area is 111 Å². The van der Waals surface area contributed by atoms with Crippen LogP contribution in [0.1, 0.15) is 39.0 Å². The van der Waals surface area contributed by atoms with Crippen molar-refractivity contribution in [3.8, 4) is 0 Å². The van der Waals surface area contributed by atoms with E-state index in [1.807, 2.05) is 0 Å². The lowest BCUT2D eigenvalue weighted by Gasteiger charge is -2.36. The van der Waals surface area contributed by atoms with Gasteiger partial charge in [0.1, 0.15) is 0 Å². The fourth-order valence-electron chi connectivity index (χ4n) is 2.65. The van der Waals surface area contributed by atoms with Gasteiger partial charge in [0.25, 0.3) is 0 Å². The molecule has 1 N–H and O–H groups in total. The van der Waals surface area contributed by atoms with Crippen molar-refractivity contribution in [1.29, 1.82) is 0 Å². The number of aliphatic hydroxyl groups excluding tert-OH is 1.